The van der Waals surface area contributed by atoms with E-state index in [1.54, 1.807) is 18.2 Å². The molecule has 0 spiro atoms. The summed E-state index contributed by atoms with van der Waals surface area (Å²) >= 11 is 0. The van der Waals surface area contributed by atoms with Gasteiger partial charge in [0, 0.05) is 11.6 Å². The van der Waals surface area contributed by atoms with Gasteiger partial charge in [-0.1, -0.05) is 68.9 Å². The fourth-order valence-corrected chi connectivity index (χ4v) is 6.38. The molecule has 0 saturated heterocycles. The third-order valence-corrected chi connectivity index (χ3v) is 7.94. The Morgan fingerprint density at radius 2 is 1.43 bits per heavy atom. The third-order valence-electron chi connectivity index (χ3n) is 7.94. The maximum absolute atomic E-state index is 14.2. The average molecular weight is 484 g/mol. The number of ether oxygens (including phenoxy) is 1. The highest BCUT2D eigenvalue weighted by Gasteiger charge is 2.53. The molecule has 2 aromatic carbocycles. The fraction of sp³-hybridized carbons (Fsp3) is 0.536. The van der Waals surface area contributed by atoms with Crippen molar-refractivity contribution in [3.63, 3.8) is 0 Å². The van der Waals surface area contributed by atoms with Gasteiger partial charge < -0.3 is 20.7 Å². The molecule has 1 unspecified atom stereocenters. The van der Waals surface area contributed by atoms with Crippen LogP contribution in [0.15, 0.2) is 48.5 Å². The predicted molar refractivity (Wildman–Crippen MR) is 134 cm³/mol. The Kier molecular flexibility index (Phi) is 7.12. The van der Waals surface area contributed by atoms with Crippen LogP contribution in [-0.4, -0.2) is 18.6 Å². The van der Waals surface area contributed by atoms with E-state index in [-0.39, 0.29) is 23.6 Å². The summed E-state index contributed by atoms with van der Waals surface area (Å²) in [7, 11) is 0. The molecule has 2 fully saturated rings. The number of nitrogens with one attached hydrogen (secondary N) is 3. The molecule has 188 valence electrons. The Hall–Kier alpha value is -2.83. The Balaban J connectivity index is 1.60. The van der Waals surface area contributed by atoms with Crippen LogP contribution in [0.2, 0.25) is 0 Å². The van der Waals surface area contributed by atoms with Crippen molar-refractivity contribution in [1.82, 2.24) is 5.32 Å². The van der Waals surface area contributed by atoms with Crippen molar-refractivity contribution >= 4 is 17.3 Å². The smallest absolute Gasteiger partial charge is 0.387 e. The number of rotatable bonds is 7. The lowest BCUT2D eigenvalue weighted by Gasteiger charge is -2.44. The van der Waals surface area contributed by atoms with Crippen LogP contribution in [0.4, 0.5) is 20.2 Å². The van der Waals surface area contributed by atoms with Gasteiger partial charge >= 0.3 is 6.61 Å². The molecule has 2 aromatic rings. The number of benzene rings is 2. The largest absolute Gasteiger partial charge is 0.434 e. The highest BCUT2D eigenvalue weighted by atomic mass is 19.3. The summed E-state index contributed by atoms with van der Waals surface area (Å²) in [6, 6.07) is 14.8. The first-order chi connectivity index (χ1) is 17.1. The SMILES string of the molecule is O=C(NC1CCCCC1)C(C1CCCCC1)C1(c2ccccc2OC(F)F)Nc2ccccc2N1. The van der Waals surface area contributed by atoms with Crippen LogP contribution in [-0.2, 0) is 10.5 Å². The monoisotopic (exact) mass is 483 g/mol. The first-order valence-corrected chi connectivity index (χ1v) is 13.1. The van der Waals surface area contributed by atoms with Crippen molar-refractivity contribution in [3.8, 4) is 5.75 Å². The molecule has 0 bridgehead atoms. The van der Waals surface area contributed by atoms with Gasteiger partial charge in [0.1, 0.15) is 5.75 Å². The lowest BCUT2D eigenvalue weighted by atomic mass is 9.70. The van der Waals surface area contributed by atoms with Crippen LogP contribution in [0.1, 0.15) is 69.8 Å². The van der Waals surface area contributed by atoms with Gasteiger partial charge in [-0.25, -0.2) is 0 Å². The number of fused-ring (bicyclic) bond motifs is 1. The minimum absolute atomic E-state index is 0.0107. The van der Waals surface area contributed by atoms with Crippen molar-refractivity contribution in [3.05, 3.63) is 54.1 Å². The summed E-state index contributed by atoms with van der Waals surface area (Å²) < 4.78 is 31.9. The minimum atomic E-state index is -2.96. The number of carbonyl (C=O) groups is 1. The number of alkyl halides is 2. The number of hydrogen-bond acceptors (Lipinski definition) is 4. The zero-order chi connectivity index (χ0) is 24.3. The van der Waals surface area contributed by atoms with Gasteiger partial charge in [0.2, 0.25) is 5.91 Å². The molecule has 1 heterocycles. The molecule has 0 aromatic heterocycles. The molecule has 2 saturated carbocycles. The Bertz CT molecular complexity index is 994. The molecule has 35 heavy (non-hydrogen) atoms. The Labute approximate surface area is 206 Å². The topological polar surface area (TPSA) is 62.4 Å². The number of amides is 1. The summed E-state index contributed by atoms with van der Waals surface area (Å²) in [5, 5.41) is 10.6. The first-order valence-electron chi connectivity index (χ1n) is 13.1. The van der Waals surface area contributed by atoms with Crippen molar-refractivity contribution in [1.29, 1.82) is 0 Å². The van der Waals surface area contributed by atoms with E-state index < -0.39 is 18.2 Å². The van der Waals surface area contributed by atoms with Gasteiger partial charge in [-0.05, 0) is 49.8 Å². The maximum Gasteiger partial charge on any atom is 0.387 e. The molecular formula is C28H35F2N3O2. The third kappa shape index (κ3) is 4.95. The van der Waals surface area contributed by atoms with Crippen LogP contribution in [0, 0.1) is 11.8 Å². The molecule has 3 aliphatic rings. The second kappa shape index (κ2) is 10.4. The number of carbonyl (C=O) groups excluding carboxylic acids is 1. The minimum Gasteiger partial charge on any atom is -0.434 e. The first kappa shape index (κ1) is 23.9. The number of para-hydroxylation sites is 3. The molecule has 5 nitrogen and oxygen atoms in total. The van der Waals surface area contributed by atoms with Crippen LogP contribution in [0.25, 0.3) is 0 Å². The molecule has 1 atom stereocenters. The summed E-state index contributed by atoms with van der Waals surface area (Å²) in [6.45, 7) is -2.96. The summed E-state index contributed by atoms with van der Waals surface area (Å²) in [4.78, 5) is 14.2. The quantitative estimate of drug-likeness (QED) is 0.414. The fourth-order valence-electron chi connectivity index (χ4n) is 6.38. The van der Waals surface area contributed by atoms with Gasteiger partial charge in [0.05, 0.1) is 17.3 Å². The summed E-state index contributed by atoms with van der Waals surface area (Å²) in [5.74, 6) is -0.314. The molecule has 7 heteroatoms. The highest BCUT2D eigenvalue weighted by Crippen LogP contribution is 2.51. The zero-order valence-corrected chi connectivity index (χ0v) is 20.1. The molecule has 0 radical (unpaired) electrons. The van der Waals surface area contributed by atoms with E-state index in [9.17, 15) is 13.6 Å². The predicted octanol–water partition coefficient (Wildman–Crippen LogP) is 6.62. The Morgan fingerprint density at radius 1 is 0.857 bits per heavy atom. The van der Waals surface area contributed by atoms with E-state index in [2.05, 4.69) is 16.0 Å². The molecule has 1 aliphatic heterocycles. The van der Waals surface area contributed by atoms with E-state index in [1.807, 2.05) is 30.3 Å². The highest BCUT2D eigenvalue weighted by molar-refractivity contribution is 5.87. The molecule has 2 aliphatic carbocycles. The van der Waals surface area contributed by atoms with Crippen molar-refractivity contribution in [2.45, 2.75) is 82.5 Å². The summed E-state index contributed by atoms with van der Waals surface area (Å²) in [5.41, 5.74) is 1.14. The van der Waals surface area contributed by atoms with E-state index >= 15 is 0 Å². The Morgan fingerprint density at radius 3 is 2.06 bits per heavy atom. The van der Waals surface area contributed by atoms with Gasteiger partial charge in [0.25, 0.3) is 0 Å². The maximum atomic E-state index is 14.2. The van der Waals surface area contributed by atoms with Crippen LogP contribution >= 0.6 is 0 Å². The van der Waals surface area contributed by atoms with Gasteiger partial charge in [-0.3, -0.25) is 4.79 Å². The van der Waals surface area contributed by atoms with Gasteiger partial charge in [-0.2, -0.15) is 8.78 Å². The van der Waals surface area contributed by atoms with Crippen LogP contribution in [0.3, 0.4) is 0 Å². The lowest BCUT2D eigenvalue weighted by Crippen LogP contribution is -2.57. The second-order valence-corrected chi connectivity index (χ2v) is 10.2. The molecule has 1 amide bonds. The van der Waals surface area contributed by atoms with E-state index in [4.69, 9.17) is 4.74 Å². The van der Waals surface area contributed by atoms with Crippen molar-refractivity contribution < 1.29 is 18.3 Å². The normalized spacial score (nSPS) is 21.0. The van der Waals surface area contributed by atoms with Crippen LogP contribution < -0.4 is 20.7 Å². The van der Waals surface area contributed by atoms with E-state index in [0.717, 1.165) is 69.2 Å². The van der Waals surface area contributed by atoms with E-state index in [1.165, 1.54) is 6.42 Å². The second-order valence-electron chi connectivity index (χ2n) is 10.2. The molecular weight excluding hydrogens is 448 g/mol. The molecule has 3 N–H and O–H groups in total. The van der Waals surface area contributed by atoms with Crippen LogP contribution in [0.5, 0.6) is 5.75 Å². The number of anilines is 2. The summed E-state index contributed by atoms with van der Waals surface area (Å²) in [6.07, 6.45) is 10.6. The zero-order valence-electron chi connectivity index (χ0n) is 20.1. The lowest BCUT2D eigenvalue weighted by molar-refractivity contribution is -0.130. The van der Waals surface area contributed by atoms with Crippen molar-refractivity contribution in [2.75, 3.05) is 10.6 Å². The van der Waals surface area contributed by atoms with E-state index in [0.29, 0.717) is 5.56 Å². The van der Waals surface area contributed by atoms with Gasteiger partial charge in [0.15, 0.2) is 5.66 Å². The van der Waals surface area contributed by atoms with Gasteiger partial charge in [-0.15, -0.1) is 0 Å². The standard InChI is InChI=1S/C28H35F2N3O2/c29-27(30)35-24-18-10-7-15-21(24)28(32-22-16-8-9-17-23(22)33-28)25(19-11-3-1-4-12-19)26(34)31-20-13-5-2-6-14-20/h7-10,15-20,25,27,32-33H,1-6,11-14H2,(H,31,34). The number of hydrogen-bond donors (Lipinski definition) is 3. The average Bonchev–Trinajstić information content (AvgIpc) is 3.25. The van der Waals surface area contributed by atoms with Crippen molar-refractivity contribution in [2.24, 2.45) is 11.8 Å². The molecule has 5 rings (SSSR count). The number of halogens is 2.